The predicted molar refractivity (Wildman–Crippen MR) is 45.5 cm³/mol. The number of aliphatic hydroxyl groups is 1. The second kappa shape index (κ2) is 3.30. The Bertz CT molecular complexity index is 145. The average Bonchev–Trinajstić information content (AvgIpc) is 1.55. The Kier molecular flexibility index (Phi) is 3.17. The first-order valence-corrected chi connectivity index (χ1v) is 3.80. The van der Waals surface area contributed by atoms with Gasteiger partial charge in [-0.2, -0.15) is 10.2 Å². The molecule has 0 aliphatic rings. The van der Waals surface area contributed by atoms with Crippen molar-refractivity contribution < 1.29 is 5.11 Å². The lowest BCUT2D eigenvalue weighted by Gasteiger charge is -2.26. The van der Waals surface area contributed by atoms with E-state index in [1.54, 1.807) is 14.0 Å². The fraction of sp³-hybridized carbons (Fsp3) is 1.00. The Balaban J connectivity index is 4.13. The van der Waals surface area contributed by atoms with Crippen molar-refractivity contribution in [3.05, 3.63) is 0 Å². The number of rotatable bonds is 2. The van der Waals surface area contributed by atoms with E-state index in [0.717, 1.165) is 0 Å². The van der Waals surface area contributed by atoms with E-state index in [2.05, 4.69) is 31.0 Å². The molecule has 1 N–H and O–H groups in total. The Morgan fingerprint density at radius 2 is 1.64 bits per heavy atom. The van der Waals surface area contributed by atoms with Gasteiger partial charge in [0.15, 0.2) is 5.72 Å². The van der Waals surface area contributed by atoms with E-state index in [0.29, 0.717) is 6.42 Å². The van der Waals surface area contributed by atoms with Gasteiger partial charge < -0.3 is 5.11 Å². The quantitative estimate of drug-likeness (QED) is 0.615. The third kappa shape index (κ3) is 5.98. The molecule has 0 saturated heterocycles. The molecule has 1 atom stereocenters. The molecule has 0 rings (SSSR count). The van der Waals surface area contributed by atoms with Crippen LogP contribution in [0.25, 0.3) is 0 Å². The van der Waals surface area contributed by atoms with Crippen LogP contribution in [-0.4, -0.2) is 17.9 Å². The third-order valence-electron chi connectivity index (χ3n) is 1.18. The van der Waals surface area contributed by atoms with Crippen LogP contribution in [0.4, 0.5) is 0 Å². The Labute approximate surface area is 68.5 Å². The maximum Gasteiger partial charge on any atom is 0.173 e. The van der Waals surface area contributed by atoms with Gasteiger partial charge in [-0.05, 0) is 12.3 Å². The van der Waals surface area contributed by atoms with Crippen molar-refractivity contribution in [2.75, 3.05) is 7.05 Å². The molecule has 3 nitrogen and oxygen atoms in total. The van der Waals surface area contributed by atoms with Crippen LogP contribution < -0.4 is 0 Å². The Morgan fingerprint density at radius 3 is 1.91 bits per heavy atom. The minimum absolute atomic E-state index is 0.0810. The van der Waals surface area contributed by atoms with Crippen molar-refractivity contribution in [2.24, 2.45) is 15.6 Å². The average molecular weight is 158 g/mol. The fourth-order valence-corrected chi connectivity index (χ4v) is 1.26. The number of hydrogen-bond acceptors (Lipinski definition) is 3. The molecule has 3 heteroatoms. The highest BCUT2D eigenvalue weighted by Crippen LogP contribution is 2.27. The summed E-state index contributed by atoms with van der Waals surface area (Å²) in [5.74, 6) is 0. The van der Waals surface area contributed by atoms with Gasteiger partial charge in [-0.3, -0.25) is 0 Å². The standard InChI is InChI=1S/C8H18N2O/c1-7(2,3)6-8(4,11)10-9-5/h11H,6H2,1-5H3. The summed E-state index contributed by atoms with van der Waals surface area (Å²) in [7, 11) is 1.57. The van der Waals surface area contributed by atoms with Crippen molar-refractivity contribution in [2.45, 2.75) is 39.8 Å². The molecule has 0 heterocycles. The lowest BCUT2D eigenvalue weighted by molar-refractivity contribution is 0.0208. The molecular weight excluding hydrogens is 140 g/mol. The summed E-state index contributed by atoms with van der Waals surface area (Å²) in [5, 5.41) is 16.9. The minimum atomic E-state index is -1.01. The second-order valence-corrected chi connectivity index (χ2v) is 4.25. The van der Waals surface area contributed by atoms with Gasteiger partial charge in [-0.25, -0.2) is 0 Å². The van der Waals surface area contributed by atoms with Crippen LogP contribution in [-0.2, 0) is 0 Å². The van der Waals surface area contributed by atoms with Crippen molar-refractivity contribution in [1.29, 1.82) is 0 Å². The van der Waals surface area contributed by atoms with Crippen molar-refractivity contribution in [1.82, 2.24) is 0 Å². The molecule has 0 bridgehead atoms. The van der Waals surface area contributed by atoms with Crippen LogP contribution in [0.2, 0.25) is 0 Å². The Hall–Kier alpha value is -0.440. The molecule has 0 spiro atoms. The maximum absolute atomic E-state index is 9.59. The van der Waals surface area contributed by atoms with E-state index < -0.39 is 5.72 Å². The normalized spacial score (nSPS) is 18.7. The molecule has 0 amide bonds. The molecule has 0 saturated carbocycles. The van der Waals surface area contributed by atoms with Gasteiger partial charge in [0.25, 0.3) is 0 Å². The van der Waals surface area contributed by atoms with Crippen molar-refractivity contribution in [3.63, 3.8) is 0 Å². The summed E-state index contributed by atoms with van der Waals surface area (Å²) in [6.07, 6.45) is 0.622. The van der Waals surface area contributed by atoms with E-state index in [1.807, 2.05) is 0 Å². The summed E-state index contributed by atoms with van der Waals surface area (Å²) in [6, 6.07) is 0. The largest absolute Gasteiger partial charge is 0.368 e. The van der Waals surface area contributed by atoms with E-state index in [1.165, 1.54) is 0 Å². The van der Waals surface area contributed by atoms with Gasteiger partial charge in [-0.15, -0.1) is 0 Å². The molecule has 11 heavy (non-hydrogen) atoms. The van der Waals surface area contributed by atoms with Crippen LogP contribution in [0, 0.1) is 5.41 Å². The molecule has 66 valence electrons. The molecule has 0 aromatic heterocycles. The highest BCUT2D eigenvalue weighted by molar-refractivity contribution is 4.75. The molecule has 0 fully saturated rings. The van der Waals surface area contributed by atoms with Gasteiger partial charge in [0.05, 0.1) is 0 Å². The molecule has 0 aromatic carbocycles. The minimum Gasteiger partial charge on any atom is -0.368 e. The molecule has 0 aliphatic heterocycles. The molecule has 1 unspecified atom stereocenters. The number of hydrogen-bond donors (Lipinski definition) is 1. The highest BCUT2D eigenvalue weighted by atomic mass is 16.3. The summed E-state index contributed by atoms with van der Waals surface area (Å²) in [5.41, 5.74) is -0.926. The number of azo groups is 1. The summed E-state index contributed by atoms with van der Waals surface area (Å²) >= 11 is 0. The first-order valence-electron chi connectivity index (χ1n) is 3.80. The second-order valence-electron chi connectivity index (χ2n) is 4.25. The summed E-state index contributed by atoms with van der Waals surface area (Å²) in [4.78, 5) is 0. The van der Waals surface area contributed by atoms with Gasteiger partial charge in [0, 0.05) is 13.5 Å². The van der Waals surface area contributed by atoms with Gasteiger partial charge in [0.2, 0.25) is 0 Å². The SMILES string of the molecule is CN=NC(C)(O)CC(C)(C)C. The first-order chi connectivity index (χ1) is 4.77. The number of nitrogens with zero attached hydrogens (tertiary/aromatic N) is 2. The maximum atomic E-state index is 9.59. The zero-order valence-electron chi connectivity index (χ0n) is 8.05. The van der Waals surface area contributed by atoms with Crippen LogP contribution in [0.1, 0.15) is 34.1 Å². The van der Waals surface area contributed by atoms with Gasteiger partial charge >= 0.3 is 0 Å². The Morgan fingerprint density at radius 1 is 1.18 bits per heavy atom. The summed E-state index contributed by atoms with van der Waals surface area (Å²) in [6.45, 7) is 7.86. The van der Waals surface area contributed by atoms with E-state index in [9.17, 15) is 5.11 Å². The summed E-state index contributed by atoms with van der Waals surface area (Å²) < 4.78 is 0. The topological polar surface area (TPSA) is 45.0 Å². The first kappa shape index (κ1) is 10.6. The van der Waals surface area contributed by atoms with E-state index >= 15 is 0 Å². The monoisotopic (exact) mass is 158 g/mol. The van der Waals surface area contributed by atoms with Crippen molar-refractivity contribution in [3.8, 4) is 0 Å². The fourth-order valence-electron chi connectivity index (χ4n) is 1.26. The van der Waals surface area contributed by atoms with Crippen LogP contribution >= 0.6 is 0 Å². The zero-order chi connectivity index (χ0) is 9.12. The molecule has 0 aliphatic carbocycles. The lowest BCUT2D eigenvalue weighted by atomic mass is 9.87. The lowest BCUT2D eigenvalue weighted by Crippen LogP contribution is -2.27. The molecular formula is C8H18N2O. The molecule has 0 radical (unpaired) electrons. The predicted octanol–water partition coefficient (Wildman–Crippen LogP) is 2.21. The van der Waals surface area contributed by atoms with Crippen molar-refractivity contribution >= 4 is 0 Å². The smallest absolute Gasteiger partial charge is 0.173 e. The van der Waals surface area contributed by atoms with Crippen LogP contribution in [0.15, 0.2) is 10.2 Å². The zero-order valence-corrected chi connectivity index (χ0v) is 8.05. The van der Waals surface area contributed by atoms with Crippen LogP contribution in [0.3, 0.4) is 0 Å². The van der Waals surface area contributed by atoms with E-state index in [-0.39, 0.29) is 5.41 Å². The molecule has 0 aromatic rings. The van der Waals surface area contributed by atoms with Gasteiger partial charge in [0.1, 0.15) is 0 Å². The van der Waals surface area contributed by atoms with Crippen LogP contribution in [0.5, 0.6) is 0 Å². The third-order valence-corrected chi connectivity index (χ3v) is 1.18. The highest BCUT2D eigenvalue weighted by Gasteiger charge is 2.26. The van der Waals surface area contributed by atoms with E-state index in [4.69, 9.17) is 0 Å². The van der Waals surface area contributed by atoms with Gasteiger partial charge in [-0.1, -0.05) is 20.8 Å².